The fraction of sp³-hybridized carbons (Fsp3) is 0.296. The van der Waals surface area contributed by atoms with E-state index >= 15 is 0 Å². The van der Waals surface area contributed by atoms with Crippen LogP contribution in [0.1, 0.15) is 41.4 Å². The molecule has 0 saturated heterocycles. The lowest BCUT2D eigenvalue weighted by atomic mass is 9.98. The van der Waals surface area contributed by atoms with E-state index in [0.717, 1.165) is 16.0 Å². The number of hydrogen-bond acceptors (Lipinski definition) is 9. The zero-order valence-electron chi connectivity index (χ0n) is 20.7. The van der Waals surface area contributed by atoms with E-state index in [-0.39, 0.29) is 11.9 Å². The van der Waals surface area contributed by atoms with Gasteiger partial charge in [0.15, 0.2) is 17.3 Å². The first-order chi connectivity index (χ1) is 17.5. The molecule has 3 aromatic heterocycles. The molecule has 0 aliphatic rings. The van der Waals surface area contributed by atoms with Crippen molar-refractivity contribution in [3.05, 3.63) is 77.0 Å². The van der Waals surface area contributed by atoms with Crippen molar-refractivity contribution in [1.82, 2.24) is 15.5 Å². The molecule has 188 valence electrons. The van der Waals surface area contributed by atoms with E-state index in [1.54, 1.807) is 26.5 Å². The third-order valence-corrected chi connectivity index (χ3v) is 6.39. The van der Waals surface area contributed by atoms with Gasteiger partial charge in [-0.05, 0) is 55.0 Å². The maximum Gasteiger partial charge on any atom is 0.213 e. The van der Waals surface area contributed by atoms with Crippen LogP contribution in [0.15, 0.2) is 64.8 Å². The Morgan fingerprint density at radius 2 is 1.94 bits per heavy atom. The van der Waals surface area contributed by atoms with Gasteiger partial charge in [0.05, 0.1) is 36.8 Å². The van der Waals surface area contributed by atoms with Gasteiger partial charge in [-0.3, -0.25) is 4.79 Å². The van der Waals surface area contributed by atoms with Crippen molar-refractivity contribution in [1.29, 1.82) is 0 Å². The van der Waals surface area contributed by atoms with E-state index in [1.807, 2.05) is 55.6 Å². The number of nitrogens with zero attached hydrogens (tertiary/aromatic N) is 2. The molecule has 1 unspecified atom stereocenters. The van der Waals surface area contributed by atoms with Crippen LogP contribution in [0, 0.1) is 0 Å². The Bertz CT molecular complexity index is 1270. The molecule has 9 heteroatoms. The summed E-state index contributed by atoms with van der Waals surface area (Å²) < 4.78 is 21.6. The molecule has 0 aliphatic heterocycles. The Hall–Kier alpha value is -3.69. The van der Waals surface area contributed by atoms with E-state index in [2.05, 4.69) is 15.5 Å². The molecule has 0 fully saturated rings. The minimum Gasteiger partial charge on any atom is -0.493 e. The maximum atomic E-state index is 13.8. The number of carbonyl (C=O) groups excluding carboxylic acids is 1. The van der Waals surface area contributed by atoms with Crippen LogP contribution in [0.5, 0.6) is 17.4 Å². The van der Waals surface area contributed by atoms with Gasteiger partial charge in [0.1, 0.15) is 12.0 Å². The molecule has 3 heterocycles. The summed E-state index contributed by atoms with van der Waals surface area (Å²) in [6.45, 7) is 4.42. The molecule has 1 N–H and O–H groups in total. The van der Waals surface area contributed by atoms with Crippen LogP contribution >= 0.6 is 11.3 Å². The molecule has 0 aliphatic carbocycles. The monoisotopic (exact) mass is 507 g/mol. The van der Waals surface area contributed by atoms with Crippen molar-refractivity contribution in [3.8, 4) is 28.0 Å². The van der Waals surface area contributed by atoms with Gasteiger partial charge in [-0.15, -0.1) is 11.3 Å². The van der Waals surface area contributed by atoms with Crippen molar-refractivity contribution in [2.75, 3.05) is 20.8 Å². The van der Waals surface area contributed by atoms with Gasteiger partial charge in [0.25, 0.3) is 0 Å². The van der Waals surface area contributed by atoms with E-state index in [1.165, 1.54) is 17.6 Å². The molecule has 8 nitrogen and oxygen atoms in total. The summed E-state index contributed by atoms with van der Waals surface area (Å²) in [7, 11) is 3.22. The molecule has 4 aromatic rings. The molecular formula is C27H29N3O5S. The molecule has 36 heavy (non-hydrogen) atoms. The van der Waals surface area contributed by atoms with Crippen molar-refractivity contribution in [2.45, 2.75) is 32.4 Å². The van der Waals surface area contributed by atoms with E-state index < -0.39 is 6.04 Å². The van der Waals surface area contributed by atoms with E-state index in [4.69, 9.17) is 18.7 Å². The molecule has 0 bridgehead atoms. The van der Waals surface area contributed by atoms with Crippen molar-refractivity contribution in [2.24, 2.45) is 0 Å². The number of hydrogen-bond donors (Lipinski definition) is 1. The van der Waals surface area contributed by atoms with Crippen LogP contribution in [-0.4, -0.2) is 42.8 Å². The Balaban J connectivity index is 1.57. The largest absolute Gasteiger partial charge is 0.493 e. The fourth-order valence-corrected chi connectivity index (χ4v) is 4.51. The summed E-state index contributed by atoms with van der Waals surface area (Å²) in [5.41, 5.74) is 2.73. The summed E-state index contributed by atoms with van der Waals surface area (Å²) in [6.07, 6.45) is 3.75. The van der Waals surface area contributed by atoms with Crippen LogP contribution in [0.4, 0.5) is 0 Å². The first-order valence-corrected chi connectivity index (χ1v) is 12.5. The Kier molecular flexibility index (Phi) is 8.35. The van der Waals surface area contributed by atoms with Gasteiger partial charge in [-0.1, -0.05) is 23.4 Å². The van der Waals surface area contributed by atoms with Crippen LogP contribution < -0.4 is 19.5 Å². The minimum atomic E-state index is -0.649. The highest BCUT2D eigenvalue weighted by Crippen LogP contribution is 2.31. The normalized spacial score (nSPS) is 11.9. The topological polar surface area (TPSA) is 95.7 Å². The second kappa shape index (κ2) is 11.8. The first kappa shape index (κ1) is 25.4. The van der Waals surface area contributed by atoms with E-state index in [9.17, 15) is 4.79 Å². The SMILES string of the molecule is COc1ccc(CCNC(C(=O)c2conc2-c2cccs2)c2ccc(OC(C)C)nc2)cc1OC. The van der Waals surface area contributed by atoms with Crippen LogP contribution in [0.2, 0.25) is 0 Å². The number of nitrogens with one attached hydrogen (secondary N) is 1. The molecular weight excluding hydrogens is 478 g/mol. The van der Waals surface area contributed by atoms with Gasteiger partial charge in [0, 0.05) is 18.8 Å². The van der Waals surface area contributed by atoms with Gasteiger partial charge >= 0.3 is 0 Å². The standard InChI is InChI=1S/C27H29N3O5S/c1-17(2)35-24-10-8-19(15-29-24)25(27(31)20-16-34-30-26(20)23-6-5-13-36-23)28-12-11-18-7-9-21(32-3)22(14-18)33-4/h5-10,13-17,25,28H,11-12H2,1-4H3. The van der Waals surface area contributed by atoms with Crippen molar-refractivity contribution < 1.29 is 23.5 Å². The lowest BCUT2D eigenvalue weighted by Gasteiger charge is -2.18. The quantitative estimate of drug-likeness (QED) is 0.256. The number of benzene rings is 1. The predicted octanol–water partition coefficient (Wildman–Crippen LogP) is 5.36. The number of ether oxygens (including phenoxy) is 3. The Morgan fingerprint density at radius 3 is 2.61 bits per heavy atom. The molecule has 4 rings (SSSR count). The molecule has 0 spiro atoms. The number of carbonyl (C=O) groups is 1. The van der Waals surface area contributed by atoms with Crippen molar-refractivity contribution in [3.63, 3.8) is 0 Å². The third-order valence-electron chi connectivity index (χ3n) is 5.51. The lowest BCUT2D eigenvalue weighted by molar-refractivity contribution is 0.0942. The number of rotatable bonds is 12. The zero-order valence-corrected chi connectivity index (χ0v) is 21.5. The average molecular weight is 508 g/mol. The Morgan fingerprint density at radius 1 is 1.11 bits per heavy atom. The van der Waals surface area contributed by atoms with Crippen LogP contribution in [0.3, 0.4) is 0 Å². The Labute approximate surface area is 214 Å². The molecule has 1 aromatic carbocycles. The number of thiophene rings is 1. The molecule has 1 atom stereocenters. The average Bonchev–Trinajstić information content (AvgIpc) is 3.58. The van der Waals surface area contributed by atoms with Crippen LogP contribution in [0.25, 0.3) is 10.6 Å². The summed E-state index contributed by atoms with van der Waals surface area (Å²) in [5.74, 6) is 1.70. The summed E-state index contributed by atoms with van der Waals surface area (Å²) in [4.78, 5) is 19.0. The number of methoxy groups -OCH3 is 2. The maximum absolute atomic E-state index is 13.8. The van der Waals surface area contributed by atoms with E-state index in [0.29, 0.717) is 41.6 Å². The molecule has 0 saturated carbocycles. The zero-order chi connectivity index (χ0) is 25.5. The summed E-state index contributed by atoms with van der Waals surface area (Å²) in [6, 6.07) is 12.6. The third kappa shape index (κ3) is 5.92. The highest BCUT2D eigenvalue weighted by molar-refractivity contribution is 7.13. The molecule has 0 radical (unpaired) electrons. The number of aromatic nitrogens is 2. The summed E-state index contributed by atoms with van der Waals surface area (Å²) >= 11 is 1.50. The fourth-order valence-electron chi connectivity index (χ4n) is 3.79. The lowest BCUT2D eigenvalue weighted by Crippen LogP contribution is -2.30. The van der Waals surface area contributed by atoms with Crippen molar-refractivity contribution >= 4 is 17.1 Å². The molecule has 0 amide bonds. The van der Waals surface area contributed by atoms with Crippen LogP contribution in [-0.2, 0) is 6.42 Å². The first-order valence-electron chi connectivity index (χ1n) is 11.6. The van der Waals surface area contributed by atoms with Gasteiger partial charge in [-0.2, -0.15) is 0 Å². The van der Waals surface area contributed by atoms with Gasteiger partial charge in [-0.25, -0.2) is 4.98 Å². The summed E-state index contributed by atoms with van der Waals surface area (Å²) in [5, 5.41) is 9.43. The minimum absolute atomic E-state index is 0.00532. The number of pyridine rings is 1. The second-order valence-corrected chi connectivity index (χ2v) is 9.29. The van der Waals surface area contributed by atoms with Gasteiger partial charge in [0.2, 0.25) is 5.88 Å². The van der Waals surface area contributed by atoms with Gasteiger partial charge < -0.3 is 24.1 Å². The highest BCUT2D eigenvalue weighted by atomic mass is 32.1. The smallest absolute Gasteiger partial charge is 0.213 e. The second-order valence-electron chi connectivity index (χ2n) is 8.34. The number of ketones is 1. The highest BCUT2D eigenvalue weighted by Gasteiger charge is 2.27. The predicted molar refractivity (Wildman–Crippen MR) is 138 cm³/mol. The number of Topliss-reactive ketones (excluding diaryl/α,β-unsaturated/α-hetero) is 1.